The minimum absolute atomic E-state index is 0.158. The summed E-state index contributed by atoms with van der Waals surface area (Å²) in [5.74, 6) is -2.88. The van der Waals surface area contributed by atoms with Crippen LogP contribution in [0.2, 0.25) is 0 Å². The van der Waals surface area contributed by atoms with Gasteiger partial charge in [-0.3, -0.25) is 14.9 Å². The van der Waals surface area contributed by atoms with Crippen molar-refractivity contribution in [2.24, 2.45) is 10.9 Å². The number of benzene rings is 3. The molecule has 3 amide bonds. The van der Waals surface area contributed by atoms with E-state index in [1.54, 1.807) is 36.4 Å². The summed E-state index contributed by atoms with van der Waals surface area (Å²) in [4.78, 5) is 40.8. The molecule has 2 heterocycles. The molecule has 0 saturated carbocycles. The molecule has 0 aromatic heterocycles. The third-order valence-electron chi connectivity index (χ3n) is 5.65. The van der Waals surface area contributed by atoms with Crippen molar-refractivity contribution in [3.8, 4) is 0 Å². The molecule has 2 aliphatic heterocycles. The van der Waals surface area contributed by atoms with Crippen LogP contribution in [0.5, 0.6) is 0 Å². The Morgan fingerprint density at radius 3 is 2.55 bits per heavy atom. The van der Waals surface area contributed by atoms with Crippen molar-refractivity contribution in [1.82, 2.24) is 5.32 Å². The molecular formula is C26H17FN2O4. The summed E-state index contributed by atoms with van der Waals surface area (Å²) in [5.41, 5.74) is 1.80. The molecule has 5 rings (SSSR count). The van der Waals surface area contributed by atoms with Crippen LogP contribution in [0.15, 0.2) is 95.7 Å². The summed E-state index contributed by atoms with van der Waals surface area (Å²) in [5, 5.41) is 3.26. The van der Waals surface area contributed by atoms with Crippen molar-refractivity contribution in [2.45, 2.75) is 5.92 Å². The van der Waals surface area contributed by atoms with Gasteiger partial charge in [-0.05, 0) is 35.2 Å². The third-order valence-corrected chi connectivity index (χ3v) is 5.65. The van der Waals surface area contributed by atoms with Gasteiger partial charge >= 0.3 is 6.09 Å². The Kier molecular flexibility index (Phi) is 5.14. The van der Waals surface area contributed by atoms with E-state index in [-0.39, 0.29) is 11.6 Å². The number of alkyl carbamates (subject to hydrolysis) is 1. The molecule has 1 N–H and O–H groups in total. The largest absolute Gasteiger partial charge is 0.419 e. The standard InChI is InChI=1S/C26H17FN2O4/c27-21-8-4-7-16-9-10-17(13-20(16)21)22-12-11-18(24(30)28-22)19(15-5-2-1-3-6-15)14-23-25(31)29-26(32)33-23/h1-14,18-19H,(H,29,31,32). The fourth-order valence-electron chi connectivity index (χ4n) is 4.02. The molecule has 0 spiro atoms. The van der Waals surface area contributed by atoms with E-state index < -0.39 is 29.7 Å². The number of imide groups is 1. The molecule has 2 aliphatic rings. The van der Waals surface area contributed by atoms with Crippen LogP contribution in [0.4, 0.5) is 9.18 Å². The van der Waals surface area contributed by atoms with Gasteiger partial charge in [-0.15, -0.1) is 0 Å². The lowest BCUT2D eigenvalue weighted by Gasteiger charge is -2.22. The number of dihydropyridines is 1. The van der Waals surface area contributed by atoms with E-state index in [1.807, 2.05) is 36.4 Å². The second-order valence-corrected chi connectivity index (χ2v) is 7.71. The van der Waals surface area contributed by atoms with Crippen molar-refractivity contribution < 1.29 is 23.5 Å². The van der Waals surface area contributed by atoms with E-state index in [9.17, 15) is 18.8 Å². The number of rotatable bonds is 4. The normalized spacial score (nSPS) is 20.0. The first-order chi connectivity index (χ1) is 16.0. The number of amides is 3. The fourth-order valence-corrected chi connectivity index (χ4v) is 4.02. The Bertz CT molecular complexity index is 1390. The number of aliphatic imine (C=N–C) groups is 1. The van der Waals surface area contributed by atoms with Crippen LogP contribution in [-0.4, -0.2) is 23.6 Å². The quantitative estimate of drug-likeness (QED) is 0.609. The van der Waals surface area contributed by atoms with Crippen molar-refractivity contribution >= 4 is 34.4 Å². The number of allylic oxidation sites excluding steroid dienone is 2. The zero-order chi connectivity index (χ0) is 22.9. The SMILES string of the molecule is O=C1NC(=O)C(=CC(c2ccccc2)C2C=CC(c3ccc4cccc(F)c4c3)=NC2=O)O1. The maximum atomic E-state index is 14.2. The Balaban J connectivity index is 1.49. The Morgan fingerprint density at radius 1 is 1.00 bits per heavy atom. The monoisotopic (exact) mass is 440 g/mol. The summed E-state index contributed by atoms with van der Waals surface area (Å²) in [6.45, 7) is 0. The first kappa shape index (κ1) is 20.5. The molecule has 3 aromatic rings. The topological polar surface area (TPSA) is 84.8 Å². The second kappa shape index (κ2) is 8.27. The number of ether oxygens (including phenoxy) is 1. The highest BCUT2D eigenvalue weighted by molar-refractivity contribution is 6.16. The number of cyclic esters (lactones) is 1. The molecule has 7 heteroatoms. The van der Waals surface area contributed by atoms with Crippen molar-refractivity contribution in [1.29, 1.82) is 0 Å². The number of hydrogen-bond acceptors (Lipinski definition) is 4. The van der Waals surface area contributed by atoms with E-state index in [2.05, 4.69) is 10.3 Å². The number of nitrogens with zero attached hydrogens (tertiary/aromatic N) is 1. The Morgan fingerprint density at radius 2 is 1.82 bits per heavy atom. The molecule has 0 radical (unpaired) electrons. The van der Waals surface area contributed by atoms with E-state index in [0.717, 1.165) is 10.9 Å². The Hall–Kier alpha value is -4.39. The molecule has 2 atom stereocenters. The van der Waals surface area contributed by atoms with E-state index in [1.165, 1.54) is 12.1 Å². The maximum absolute atomic E-state index is 14.2. The van der Waals surface area contributed by atoms with Gasteiger partial charge in [0.15, 0.2) is 5.76 Å². The highest BCUT2D eigenvalue weighted by Crippen LogP contribution is 2.33. The van der Waals surface area contributed by atoms with Crippen LogP contribution in [0.3, 0.4) is 0 Å². The molecule has 3 aromatic carbocycles. The number of carbonyl (C=O) groups excluding carboxylic acids is 3. The van der Waals surface area contributed by atoms with E-state index in [4.69, 9.17) is 4.74 Å². The lowest BCUT2D eigenvalue weighted by Crippen LogP contribution is -2.24. The van der Waals surface area contributed by atoms with Crippen molar-refractivity contribution in [3.63, 3.8) is 0 Å². The summed E-state index contributed by atoms with van der Waals surface area (Å²) in [6.07, 6.45) is 4.03. The van der Waals surface area contributed by atoms with Gasteiger partial charge in [0.1, 0.15) is 5.82 Å². The molecule has 6 nitrogen and oxygen atoms in total. The highest BCUT2D eigenvalue weighted by Gasteiger charge is 2.33. The summed E-state index contributed by atoms with van der Waals surface area (Å²) in [7, 11) is 0. The molecule has 0 aliphatic carbocycles. The van der Waals surface area contributed by atoms with Crippen LogP contribution < -0.4 is 5.32 Å². The molecular weight excluding hydrogens is 423 g/mol. The van der Waals surface area contributed by atoms with Gasteiger partial charge in [0, 0.05) is 16.9 Å². The summed E-state index contributed by atoms with van der Waals surface area (Å²) in [6, 6.07) is 19.2. The van der Waals surface area contributed by atoms with E-state index in [0.29, 0.717) is 16.7 Å². The predicted octanol–water partition coefficient (Wildman–Crippen LogP) is 4.41. The van der Waals surface area contributed by atoms with Crippen LogP contribution in [0, 0.1) is 11.7 Å². The molecule has 2 unspecified atom stereocenters. The van der Waals surface area contributed by atoms with Gasteiger partial charge in [0.2, 0.25) is 0 Å². The van der Waals surface area contributed by atoms with Gasteiger partial charge in [0.25, 0.3) is 11.8 Å². The minimum Gasteiger partial charge on any atom is -0.404 e. The summed E-state index contributed by atoms with van der Waals surface area (Å²) >= 11 is 0. The Labute approximate surface area is 188 Å². The second-order valence-electron chi connectivity index (χ2n) is 7.71. The molecule has 1 saturated heterocycles. The lowest BCUT2D eigenvalue weighted by molar-refractivity contribution is -0.121. The average molecular weight is 440 g/mol. The minimum atomic E-state index is -0.854. The number of carbonyl (C=O) groups is 3. The first-order valence-electron chi connectivity index (χ1n) is 10.3. The highest BCUT2D eigenvalue weighted by atomic mass is 19.1. The van der Waals surface area contributed by atoms with Gasteiger partial charge in [0.05, 0.1) is 11.6 Å². The fraction of sp³-hybridized carbons (Fsp3) is 0.0769. The molecule has 0 bridgehead atoms. The maximum Gasteiger partial charge on any atom is 0.419 e. The molecule has 33 heavy (non-hydrogen) atoms. The molecule has 162 valence electrons. The molecule has 1 fully saturated rings. The average Bonchev–Trinajstić information content (AvgIpc) is 3.15. The van der Waals surface area contributed by atoms with Crippen LogP contribution in [0.25, 0.3) is 10.8 Å². The predicted molar refractivity (Wildman–Crippen MR) is 120 cm³/mol. The van der Waals surface area contributed by atoms with Crippen molar-refractivity contribution in [3.05, 3.63) is 108 Å². The summed E-state index contributed by atoms with van der Waals surface area (Å²) < 4.78 is 19.2. The number of halogens is 1. The van der Waals surface area contributed by atoms with Crippen molar-refractivity contribution in [2.75, 3.05) is 0 Å². The smallest absolute Gasteiger partial charge is 0.404 e. The zero-order valence-corrected chi connectivity index (χ0v) is 17.2. The zero-order valence-electron chi connectivity index (χ0n) is 17.2. The van der Waals surface area contributed by atoms with Crippen LogP contribution in [-0.2, 0) is 14.3 Å². The number of hydrogen-bond donors (Lipinski definition) is 1. The third kappa shape index (κ3) is 3.96. The van der Waals surface area contributed by atoms with E-state index >= 15 is 0 Å². The number of fused-ring (bicyclic) bond motifs is 1. The van der Waals surface area contributed by atoms with Gasteiger partial charge in [-0.1, -0.05) is 60.7 Å². The van der Waals surface area contributed by atoms with Crippen LogP contribution >= 0.6 is 0 Å². The van der Waals surface area contributed by atoms with Gasteiger partial charge in [-0.2, -0.15) is 0 Å². The van der Waals surface area contributed by atoms with Gasteiger partial charge < -0.3 is 4.74 Å². The van der Waals surface area contributed by atoms with Crippen LogP contribution in [0.1, 0.15) is 17.0 Å². The van der Waals surface area contributed by atoms with Gasteiger partial charge in [-0.25, -0.2) is 14.2 Å². The lowest BCUT2D eigenvalue weighted by atomic mass is 9.83. The first-order valence-corrected chi connectivity index (χ1v) is 10.3. The number of nitrogens with one attached hydrogen (secondary N) is 1.